The van der Waals surface area contributed by atoms with Gasteiger partial charge in [0.05, 0.1) is 6.26 Å². The van der Waals surface area contributed by atoms with Crippen molar-refractivity contribution in [2.24, 2.45) is 0 Å². The lowest BCUT2D eigenvalue weighted by molar-refractivity contribution is 0.199. The van der Waals surface area contributed by atoms with Gasteiger partial charge >= 0.3 is 0 Å². The van der Waals surface area contributed by atoms with Gasteiger partial charge in [0.2, 0.25) is 0 Å². The Labute approximate surface area is 99.2 Å². The average Bonchev–Trinajstić information content (AvgIpc) is 2.24. The largest absolute Gasteiger partial charge is 0.481 e. The van der Waals surface area contributed by atoms with E-state index in [-0.39, 0.29) is 6.10 Å². The van der Waals surface area contributed by atoms with Crippen molar-refractivity contribution in [3.05, 3.63) is 48.7 Å². The van der Waals surface area contributed by atoms with Crippen molar-refractivity contribution in [1.82, 2.24) is 0 Å². The van der Waals surface area contributed by atoms with Crippen LogP contribution in [-0.4, -0.2) is 8.07 Å². The van der Waals surface area contributed by atoms with Gasteiger partial charge in [0, 0.05) is 5.56 Å². The SMILES string of the molecule is C=COC(C#C[Si](C)(C)C)c1ccccc1. The van der Waals surface area contributed by atoms with Crippen LogP contribution in [-0.2, 0) is 4.74 Å². The number of benzene rings is 1. The molecule has 0 spiro atoms. The minimum atomic E-state index is -1.36. The fourth-order valence-corrected chi connectivity index (χ4v) is 1.77. The quantitative estimate of drug-likeness (QED) is 0.436. The van der Waals surface area contributed by atoms with Crippen molar-refractivity contribution in [2.75, 3.05) is 0 Å². The molecule has 0 radical (unpaired) electrons. The molecule has 1 atom stereocenters. The first-order valence-corrected chi connectivity index (χ1v) is 8.87. The molecule has 0 saturated carbocycles. The molecular weight excluding hydrogens is 212 g/mol. The lowest BCUT2D eigenvalue weighted by Gasteiger charge is -2.12. The van der Waals surface area contributed by atoms with E-state index in [0.29, 0.717) is 0 Å². The minimum absolute atomic E-state index is 0.189. The van der Waals surface area contributed by atoms with Gasteiger partial charge in [0.25, 0.3) is 0 Å². The summed E-state index contributed by atoms with van der Waals surface area (Å²) < 4.78 is 5.44. The molecule has 0 amide bonds. The van der Waals surface area contributed by atoms with E-state index >= 15 is 0 Å². The van der Waals surface area contributed by atoms with Gasteiger partial charge in [0.1, 0.15) is 8.07 Å². The molecule has 0 aliphatic carbocycles. The Hall–Kier alpha value is -1.46. The Bertz CT molecular complexity index is 392. The molecule has 0 aliphatic heterocycles. The standard InChI is InChI=1S/C14H18OSi/c1-5-15-14(11-12-16(2,3)4)13-9-7-6-8-10-13/h5-10,14H,1H2,2-4H3. The van der Waals surface area contributed by atoms with E-state index in [1.165, 1.54) is 6.26 Å². The summed E-state index contributed by atoms with van der Waals surface area (Å²) >= 11 is 0. The molecule has 1 nitrogen and oxygen atoms in total. The van der Waals surface area contributed by atoms with Crippen molar-refractivity contribution >= 4 is 8.07 Å². The maximum absolute atomic E-state index is 5.44. The van der Waals surface area contributed by atoms with Crippen molar-refractivity contribution < 1.29 is 4.74 Å². The summed E-state index contributed by atoms with van der Waals surface area (Å²) in [5, 5.41) is 0. The van der Waals surface area contributed by atoms with Crippen LogP contribution in [0.4, 0.5) is 0 Å². The highest BCUT2D eigenvalue weighted by atomic mass is 28.3. The molecule has 1 aromatic rings. The van der Waals surface area contributed by atoms with Crippen molar-refractivity contribution in [3.63, 3.8) is 0 Å². The third kappa shape index (κ3) is 4.37. The predicted molar refractivity (Wildman–Crippen MR) is 71.6 cm³/mol. The van der Waals surface area contributed by atoms with E-state index in [1.54, 1.807) is 0 Å². The molecule has 1 rings (SSSR count). The van der Waals surface area contributed by atoms with Gasteiger partial charge in [-0.3, -0.25) is 0 Å². The number of ether oxygens (including phenoxy) is 1. The average molecular weight is 230 g/mol. The van der Waals surface area contributed by atoms with Gasteiger partial charge < -0.3 is 4.74 Å². The van der Waals surface area contributed by atoms with Crippen LogP contribution in [0.25, 0.3) is 0 Å². The molecule has 1 unspecified atom stereocenters. The second-order valence-electron chi connectivity index (χ2n) is 4.61. The van der Waals surface area contributed by atoms with Crippen molar-refractivity contribution in [1.29, 1.82) is 0 Å². The summed E-state index contributed by atoms with van der Waals surface area (Å²) in [6.45, 7) is 10.2. The van der Waals surface area contributed by atoms with Crippen LogP contribution in [0.1, 0.15) is 11.7 Å². The highest BCUT2D eigenvalue weighted by Crippen LogP contribution is 2.16. The second kappa shape index (κ2) is 5.57. The van der Waals surface area contributed by atoms with Gasteiger partial charge in [-0.25, -0.2) is 0 Å². The van der Waals surface area contributed by atoms with Gasteiger partial charge in [0.15, 0.2) is 6.10 Å². The van der Waals surface area contributed by atoms with Gasteiger partial charge in [-0.1, -0.05) is 62.5 Å². The fraction of sp³-hybridized carbons (Fsp3) is 0.286. The van der Waals surface area contributed by atoms with Crippen LogP contribution in [0.3, 0.4) is 0 Å². The molecule has 0 aliphatic rings. The van der Waals surface area contributed by atoms with E-state index < -0.39 is 8.07 Å². The molecular formula is C14H18OSi. The summed E-state index contributed by atoms with van der Waals surface area (Å²) in [6, 6.07) is 10.0. The van der Waals surface area contributed by atoms with Gasteiger partial charge in [-0.15, -0.1) is 5.54 Å². The van der Waals surface area contributed by atoms with E-state index in [4.69, 9.17) is 4.74 Å². The molecule has 0 aromatic heterocycles. The lowest BCUT2D eigenvalue weighted by atomic mass is 10.1. The predicted octanol–water partition coefficient (Wildman–Crippen LogP) is 3.77. The first kappa shape index (κ1) is 12.6. The zero-order valence-corrected chi connectivity index (χ0v) is 11.2. The fourth-order valence-electron chi connectivity index (χ4n) is 1.20. The van der Waals surface area contributed by atoms with Crippen LogP contribution in [0.15, 0.2) is 43.2 Å². The Morgan fingerprint density at radius 2 is 1.88 bits per heavy atom. The van der Waals surface area contributed by atoms with E-state index in [9.17, 15) is 0 Å². The summed E-state index contributed by atoms with van der Waals surface area (Å²) in [6.07, 6.45) is 1.27. The normalized spacial score (nSPS) is 12.2. The van der Waals surface area contributed by atoms with Gasteiger partial charge in [-0.05, 0) is 0 Å². The van der Waals surface area contributed by atoms with E-state index in [1.807, 2.05) is 30.3 Å². The molecule has 16 heavy (non-hydrogen) atoms. The first-order chi connectivity index (χ1) is 7.53. The van der Waals surface area contributed by atoms with Crippen molar-refractivity contribution in [3.8, 4) is 11.5 Å². The number of rotatable bonds is 3. The Balaban J connectivity index is 2.91. The zero-order valence-electron chi connectivity index (χ0n) is 10.2. The van der Waals surface area contributed by atoms with Crippen LogP contribution in [0.5, 0.6) is 0 Å². The van der Waals surface area contributed by atoms with Crippen LogP contribution in [0, 0.1) is 11.5 Å². The van der Waals surface area contributed by atoms with E-state index in [0.717, 1.165) is 5.56 Å². The monoisotopic (exact) mass is 230 g/mol. The third-order valence-electron chi connectivity index (χ3n) is 1.91. The number of hydrogen-bond acceptors (Lipinski definition) is 1. The van der Waals surface area contributed by atoms with Gasteiger partial charge in [-0.2, -0.15) is 0 Å². The maximum Gasteiger partial charge on any atom is 0.182 e. The summed E-state index contributed by atoms with van der Waals surface area (Å²) in [4.78, 5) is 0. The maximum atomic E-state index is 5.44. The molecule has 0 heterocycles. The smallest absolute Gasteiger partial charge is 0.182 e. The molecule has 0 bridgehead atoms. The Morgan fingerprint density at radius 1 is 1.25 bits per heavy atom. The Morgan fingerprint density at radius 3 is 2.38 bits per heavy atom. The topological polar surface area (TPSA) is 9.23 Å². The Kier molecular flexibility index (Phi) is 4.39. The van der Waals surface area contributed by atoms with E-state index in [2.05, 4.69) is 37.7 Å². The highest BCUT2D eigenvalue weighted by Gasteiger charge is 2.11. The molecule has 0 saturated heterocycles. The van der Waals surface area contributed by atoms with Crippen molar-refractivity contribution in [2.45, 2.75) is 25.7 Å². The summed E-state index contributed by atoms with van der Waals surface area (Å²) in [5.41, 5.74) is 4.40. The number of hydrogen-bond donors (Lipinski definition) is 0. The lowest BCUT2D eigenvalue weighted by Crippen LogP contribution is -2.17. The van der Waals surface area contributed by atoms with Crippen LogP contribution in [0.2, 0.25) is 19.6 Å². The zero-order chi connectivity index (χ0) is 12.0. The first-order valence-electron chi connectivity index (χ1n) is 5.37. The molecule has 0 fully saturated rings. The summed E-state index contributed by atoms with van der Waals surface area (Å²) in [5.74, 6) is 3.20. The molecule has 0 N–H and O–H groups in total. The van der Waals surface area contributed by atoms with Crippen LogP contribution < -0.4 is 0 Å². The molecule has 84 valence electrons. The van der Waals surface area contributed by atoms with Crippen LogP contribution >= 0.6 is 0 Å². The molecule has 1 aromatic carbocycles. The third-order valence-corrected chi connectivity index (χ3v) is 2.81. The minimum Gasteiger partial charge on any atom is -0.481 e. The summed E-state index contributed by atoms with van der Waals surface area (Å²) in [7, 11) is -1.36. The highest BCUT2D eigenvalue weighted by molar-refractivity contribution is 6.83. The molecule has 2 heteroatoms. The second-order valence-corrected chi connectivity index (χ2v) is 9.36.